The zero-order valence-electron chi connectivity index (χ0n) is 8.83. The Labute approximate surface area is 94.8 Å². The maximum absolute atomic E-state index is 11.5. The van der Waals surface area contributed by atoms with Crippen LogP contribution in [0.25, 0.3) is 0 Å². The Morgan fingerprint density at radius 1 is 1.73 bits per heavy atom. The van der Waals surface area contributed by atoms with E-state index in [-0.39, 0.29) is 11.9 Å². The van der Waals surface area contributed by atoms with Crippen LogP contribution in [-0.4, -0.2) is 49.8 Å². The first-order chi connectivity index (χ1) is 7.34. The van der Waals surface area contributed by atoms with Crippen molar-refractivity contribution in [3.8, 4) is 0 Å². The Bertz CT molecular complexity index is 206. The Balaban J connectivity index is 2.04. The number of carbonyl (C=O) groups excluding carboxylic acids is 1. The Hall–Kier alpha value is -0.520. The molecular weight excluding hydrogens is 212 g/mol. The van der Waals surface area contributed by atoms with Crippen LogP contribution < -0.4 is 10.6 Å². The summed E-state index contributed by atoms with van der Waals surface area (Å²) < 4.78 is 5.21. The molecule has 86 valence electrons. The van der Waals surface area contributed by atoms with Gasteiger partial charge in [-0.15, -0.1) is 6.58 Å². The molecule has 0 aromatic heterocycles. The number of morpholine rings is 1. The SMILES string of the molecule is C=CCSCCNC(=O)C1COCCN1. The Kier molecular flexibility index (Phi) is 6.47. The van der Waals surface area contributed by atoms with Crippen molar-refractivity contribution in [2.24, 2.45) is 0 Å². The molecule has 1 fully saturated rings. The molecular formula is C10H18N2O2S. The van der Waals surface area contributed by atoms with E-state index in [1.54, 1.807) is 11.8 Å². The predicted molar refractivity (Wildman–Crippen MR) is 63.1 cm³/mol. The van der Waals surface area contributed by atoms with Gasteiger partial charge in [-0.3, -0.25) is 4.79 Å². The molecule has 1 heterocycles. The van der Waals surface area contributed by atoms with Gasteiger partial charge in [0.25, 0.3) is 0 Å². The lowest BCUT2D eigenvalue weighted by molar-refractivity contribution is -0.125. The van der Waals surface area contributed by atoms with E-state index in [1.807, 2.05) is 6.08 Å². The standard InChI is InChI=1S/C10H18N2O2S/c1-2-6-15-7-4-12-10(13)9-8-14-5-3-11-9/h2,9,11H,1,3-8H2,(H,12,13). The number of thioether (sulfide) groups is 1. The van der Waals surface area contributed by atoms with Gasteiger partial charge in [0.2, 0.25) is 5.91 Å². The number of rotatable bonds is 6. The molecule has 1 aliphatic rings. The molecule has 1 atom stereocenters. The number of hydrogen-bond donors (Lipinski definition) is 2. The van der Waals surface area contributed by atoms with Gasteiger partial charge < -0.3 is 15.4 Å². The fraction of sp³-hybridized carbons (Fsp3) is 0.700. The molecule has 2 N–H and O–H groups in total. The van der Waals surface area contributed by atoms with E-state index < -0.39 is 0 Å². The van der Waals surface area contributed by atoms with Gasteiger partial charge >= 0.3 is 0 Å². The fourth-order valence-corrected chi connectivity index (χ4v) is 1.85. The predicted octanol–water partition coefficient (Wildman–Crippen LogP) is 0.0102. The summed E-state index contributed by atoms with van der Waals surface area (Å²) in [4.78, 5) is 11.5. The van der Waals surface area contributed by atoms with E-state index in [2.05, 4.69) is 17.2 Å². The van der Waals surface area contributed by atoms with E-state index in [0.717, 1.165) is 18.1 Å². The van der Waals surface area contributed by atoms with Crippen molar-refractivity contribution in [3.63, 3.8) is 0 Å². The number of amides is 1. The summed E-state index contributed by atoms with van der Waals surface area (Å²) in [7, 11) is 0. The van der Waals surface area contributed by atoms with E-state index in [4.69, 9.17) is 4.74 Å². The Morgan fingerprint density at radius 2 is 2.60 bits per heavy atom. The molecule has 0 radical (unpaired) electrons. The van der Waals surface area contributed by atoms with E-state index in [9.17, 15) is 4.79 Å². The van der Waals surface area contributed by atoms with Crippen LogP contribution in [0.1, 0.15) is 0 Å². The van der Waals surface area contributed by atoms with E-state index >= 15 is 0 Å². The third-order valence-corrected chi connectivity index (χ3v) is 2.98. The minimum atomic E-state index is -0.178. The molecule has 1 unspecified atom stereocenters. The number of hydrogen-bond acceptors (Lipinski definition) is 4. The average Bonchev–Trinajstić information content (AvgIpc) is 2.30. The smallest absolute Gasteiger partial charge is 0.239 e. The lowest BCUT2D eigenvalue weighted by Crippen LogP contribution is -2.51. The first-order valence-corrected chi connectivity index (χ1v) is 6.27. The molecule has 1 rings (SSSR count). The van der Waals surface area contributed by atoms with Crippen LogP contribution in [0.4, 0.5) is 0 Å². The van der Waals surface area contributed by atoms with Crippen LogP contribution >= 0.6 is 11.8 Å². The van der Waals surface area contributed by atoms with Crippen molar-refractivity contribution in [1.82, 2.24) is 10.6 Å². The minimum Gasteiger partial charge on any atom is -0.378 e. The summed E-state index contributed by atoms with van der Waals surface area (Å²) in [6, 6.07) is -0.178. The second-order valence-electron chi connectivity index (χ2n) is 3.24. The monoisotopic (exact) mass is 230 g/mol. The molecule has 1 saturated heterocycles. The Morgan fingerprint density at radius 3 is 3.27 bits per heavy atom. The highest BCUT2D eigenvalue weighted by Gasteiger charge is 2.20. The van der Waals surface area contributed by atoms with E-state index in [1.165, 1.54) is 0 Å². The average molecular weight is 230 g/mol. The zero-order chi connectivity index (χ0) is 10.9. The van der Waals surface area contributed by atoms with Crippen LogP contribution in [0, 0.1) is 0 Å². The second-order valence-corrected chi connectivity index (χ2v) is 4.39. The molecule has 0 saturated carbocycles. The first kappa shape index (κ1) is 12.5. The van der Waals surface area contributed by atoms with E-state index in [0.29, 0.717) is 19.8 Å². The maximum atomic E-state index is 11.5. The first-order valence-electron chi connectivity index (χ1n) is 5.12. The molecule has 0 bridgehead atoms. The van der Waals surface area contributed by atoms with Gasteiger partial charge in [-0.2, -0.15) is 11.8 Å². The van der Waals surface area contributed by atoms with Gasteiger partial charge in [-0.25, -0.2) is 0 Å². The summed E-state index contributed by atoms with van der Waals surface area (Å²) >= 11 is 1.76. The van der Waals surface area contributed by atoms with Gasteiger partial charge in [0.15, 0.2) is 0 Å². The largest absolute Gasteiger partial charge is 0.378 e. The van der Waals surface area contributed by atoms with Crippen LogP contribution in [-0.2, 0) is 9.53 Å². The van der Waals surface area contributed by atoms with Crippen molar-refractivity contribution in [2.45, 2.75) is 6.04 Å². The minimum absolute atomic E-state index is 0.0360. The number of carbonyl (C=O) groups is 1. The summed E-state index contributed by atoms with van der Waals surface area (Å²) in [5.74, 6) is 1.89. The highest BCUT2D eigenvalue weighted by Crippen LogP contribution is 1.98. The van der Waals surface area contributed by atoms with Crippen LogP contribution in [0.3, 0.4) is 0 Å². The fourth-order valence-electron chi connectivity index (χ4n) is 1.27. The molecule has 15 heavy (non-hydrogen) atoms. The summed E-state index contributed by atoms with van der Waals surface area (Å²) in [6.07, 6.45) is 1.86. The third kappa shape index (κ3) is 5.20. The molecule has 0 spiro atoms. The highest BCUT2D eigenvalue weighted by atomic mass is 32.2. The lowest BCUT2D eigenvalue weighted by Gasteiger charge is -2.22. The van der Waals surface area contributed by atoms with Gasteiger partial charge in [0, 0.05) is 24.6 Å². The van der Waals surface area contributed by atoms with Crippen molar-refractivity contribution in [2.75, 3.05) is 37.8 Å². The van der Waals surface area contributed by atoms with Gasteiger partial charge in [0.1, 0.15) is 6.04 Å². The summed E-state index contributed by atoms with van der Waals surface area (Å²) in [5.41, 5.74) is 0. The molecule has 0 aromatic rings. The highest BCUT2D eigenvalue weighted by molar-refractivity contribution is 7.99. The summed E-state index contributed by atoms with van der Waals surface area (Å²) in [6.45, 7) is 6.26. The molecule has 4 nitrogen and oxygen atoms in total. The van der Waals surface area contributed by atoms with Gasteiger partial charge in [-0.1, -0.05) is 6.08 Å². The van der Waals surface area contributed by atoms with Crippen molar-refractivity contribution in [3.05, 3.63) is 12.7 Å². The normalized spacial score (nSPS) is 20.9. The molecule has 1 amide bonds. The molecule has 0 aromatic carbocycles. The van der Waals surface area contributed by atoms with Crippen molar-refractivity contribution < 1.29 is 9.53 Å². The van der Waals surface area contributed by atoms with Gasteiger partial charge in [-0.05, 0) is 0 Å². The second kappa shape index (κ2) is 7.73. The molecule has 5 heteroatoms. The zero-order valence-corrected chi connectivity index (χ0v) is 9.65. The van der Waals surface area contributed by atoms with Crippen LogP contribution in [0.15, 0.2) is 12.7 Å². The maximum Gasteiger partial charge on any atom is 0.239 e. The van der Waals surface area contributed by atoms with Crippen molar-refractivity contribution >= 4 is 17.7 Å². The third-order valence-electron chi connectivity index (χ3n) is 2.02. The molecule has 0 aliphatic carbocycles. The van der Waals surface area contributed by atoms with Crippen LogP contribution in [0.2, 0.25) is 0 Å². The lowest BCUT2D eigenvalue weighted by atomic mass is 10.2. The van der Waals surface area contributed by atoms with Crippen LogP contribution in [0.5, 0.6) is 0 Å². The number of nitrogens with one attached hydrogen (secondary N) is 2. The summed E-state index contributed by atoms with van der Waals surface area (Å²) in [5, 5.41) is 5.99. The molecule has 1 aliphatic heterocycles. The van der Waals surface area contributed by atoms with Crippen molar-refractivity contribution in [1.29, 1.82) is 0 Å². The quantitative estimate of drug-likeness (QED) is 0.498. The number of ether oxygens (including phenoxy) is 1. The van der Waals surface area contributed by atoms with Gasteiger partial charge in [0.05, 0.1) is 13.2 Å². The topological polar surface area (TPSA) is 50.4 Å².